The zero-order valence-electron chi connectivity index (χ0n) is 11.2. The number of carbonyl (C=O) groups excluding carboxylic acids is 1. The summed E-state index contributed by atoms with van der Waals surface area (Å²) in [5, 5.41) is 12.8. The molecule has 0 unspecified atom stereocenters. The predicted molar refractivity (Wildman–Crippen MR) is 71.6 cm³/mol. The Kier molecular flexibility index (Phi) is 3.66. The van der Waals surface area contributed by atoms with Crippen molar-refractivity contribution in [1.29, 1.82) is 0 Å². The number of rotatable bonds is 3. The predicted octanol–water partition coefficient (Wildman–Crippen LogP) is 2.42. The van der Waals surface area contributed by atoms with Gasteiger partial charge >= 0.3 is 0 Å². The minimum absolute atomic E-state index is 0.357. The molecule has 0 spiro atoms. The number of hydroxylamine groups is 1. The van der Waals surface area contributed by atoms with Gasteiger partial charge in [0.05, 0.1) is 23.1 Å². The number of hydrogen-bond donors (Lipinski definition) is 2. The smallest absolute Gasteiger partial charge is 0.278 e. The van der Waals surface area contributed by atoms with Crippen LogP contribution in [0.1, 0.15) is 41.4 Å². The highest BCUT2D eigenvalue weighted by Crippen LogP contribution is 2.18. The molecular weight excluding hydrogens is 242 g/mol. The summed E-state index contributed by atoms with van der Waals surface area (Å²) in [7, 11) is 0. The van der Waals surface area contributed by atoms with Gasteiger partial charge < -0.3 is 0 Å². The van der Waals surface area contributed by atoms with Crippen molar-refractivity contribution >= 4 is 5.91 Å². The molecule has 1 heterocycles. The average Bonchev–Trinajstić information content (AvgIpc) is 2.80. The number of carbonyl (C=O) groups is 1. The molecule has 1 aromatic heterocycles. The number of amides is 1. The van der Waals surface area contributed by atoms with Crippen molar-refractivity contribution in [3.63, 3.8) is 0 Å². The van der Waals surface area contributed by atoms with Crippen molar-refractivity contribution in [2.24, 2.45) is 0 Å². The Balaban J connectivity index is 2.37. The summed E-state index contributed by atoms with van der Waals surface area (Å²) >= 11 is 0. The Labute approximate surface area is 111 Å². The molecule has 2 rings (SSSR count). The first-order chi connectivity index (χ1) is 9.04. The maximum Gasteiger partial charge on any atom is 0.278 e. The minimum Gasteiger partial charge on any atom is -0.288 e. The molecule has 100 valence electrons. The lowest BCUT2D eigenvalue weighted by atomic mass is 10.0. The van der Waals surface area contributed by atoms with Crippen molar-refractivity contribution in [2.75, 3.05) is 0 Å². The highest BCUT2D eigenvalue weighted by molar-refractivity contribution is 5.94. The third-order valence-electron chi connectivity index (χ3n) is 3.16. The van der Waals surface area contributed by atoms with Gasteiger partial charge in [-0.15, -0.1) is 0 Å². The zero-order chi connectivity index (χ0) is 14.0. The maximum absolute atomic E-state index is 11.4. The van der Waals surface area contributed by atoms with E-state index >= 15 is 0 Å². The van der Waals surface area contributed by atoms with Crippen LogP contribution >= 0.6 is 0 Å². The standard InChI is InChI=1S/C14H17N3O2/c1-9(2)11-4-6-12(7-5-11)17-10(3)13(8-15-17)14(18)16-19/h4-9,19H,1-3H3,(H,16,18). The molecule has 0 aliphatic heterocycles. The van der Waals surface area contributed by atoms with E-state index < -0.39 is 5.91 Å². The summed E-state index contributed by atoms with van der Waals surface area (Å²) in [6, 6.07) is 8.03. The molecule has 0 atom stereocenters. The molecule has 1 aromatic carbocycles. The van der Waals surface area contributed by atoms with E-state index in [1.807, 2.05) is 24.3 Å². The lowest BCUT2D eigenvalue weighted by Gasteiger charge is -2.08. The quantitative estimate of drug-likeness (QED) is 0.657. The van der Waals surface area contributed by atoms with E-state index in [2.05, 4.69) is 18.9 Å². The molecule has 0 aliphatic carbocycles. The van der Waals surface area contributed by atoms with Crippen LogP contribution in [0.4, 0.5) is 0 Å². The van der Waals surface area contributed by atoms with Gasteiger partial charge in [-0.1, -0.05) is 26.0 Å². The summed E-state index contributed by atoms with van der Waals surface area (Å²) < 4.78 is 1.68. The van der Waals surface area contributed by atoms with Crippen molar-refractivity contribution < 1.29 is 10.0 Å². The van der Waals surface area contributed by atoms with Gasteiger partial charge in [0.15, 0.2) is 0 Å². The van der Waals surface area contributed by atoms with E-state index in [0.29, 0.717) is 17.2 Å². The van der Waals surface area contributed by atoms with Crippen LogP contribution in [-0.2, 0) is 0 Å². The van der Waals surface area contributed by atoms with E-state index in [1.54, 1.807) is 17.1 Å². The Morgan fingerprint density at radius 1 is 1.32 bits per heavy atom. The van der Waals surface area contributed by atoms with Crippen LogP contribution in [0, 0.1) is 6.92 Å². The molecule has 19 heavy (non-hydrogen) atoms. The fourth-order valence-corrected chi connectivity index (χ4v) is 1.95. The van der Waals surface area contributed by atoms with E-state index in [0.717, 1.165) is 5.69 Å². The molecule has 0 radical (unpaired) electrons. The molecule has 2 aromatic rings. The molecule has 2 N–H and O–H groups in total. The molecule has 5 heteroatoms. The Hall–Kier alpha value is -2.14. The van der Waals surface area contributed by atoms with Gasteiger partial charge in [-0.2, -0.15) is 5.10 Å². The van der Waals surface area contributed by atoms with Crippen LogP contribution in [0.25, 0.3) is 5.69 Å². The van der Waals surface area contributed by atoms with E-state index in [-0.39, 0.29) is 0 Å². The Morgan fingerprint density at radius 3 is 2.47 bits per heavy atom. The highest BCUT2D eigenvalue weighted by Gasteiger charge is 2.14. The fourth-order valence-electron chi connectivity index (χ4n) is 1.95. The van der Waals surface area contributed by atoms with E-state index in [4.69, 9.17) is 5.21 Å². The van der Waals surface area contributed by atoms with Gasteiger partial charge in [-0.3, -0.25) is 10.0 Å². The lowest BCUT2D eigenvalue weighted by Crippen LogP contribution is -2.19. The van der Waals surface area contributed by atoms with Crippen molar-refractivity contribution in [3.05, 3.63) is 47.3 Å². The molecule has 5 nitrogen and oxygen atoms in total. The SMILES string of the molecule is Cc1c(C(=O)NO)cnn1-c1ccc(C(C)C)cc1. The number of aromatic nitrogens is 2. The molecule has 0 fully saturated rings. The Morgan fingerprint density at radius 2 is 1.95 bits per heavy atom. The van der Waals surface area contributed by atoms with Crippen molar-refractivity contribution in [2.45, 2.75) is 26.7 Å². The normalized spacial score (nSPS) is 10.8. The second kappa shape index (κ2) is 5.24. The molecular formula is C14H17N3O2. The number of nitrogens with one attached hydrogen (secondary N) is 1. The van der Waals surface area contributed by atoms with Crippen LogP contribution in [0.15, 0.2) is 30.5 Å². The molecule has 0 saturated carbocycles. The summed E-state index contributed by atoms with van der Waals surface area (Å²) in [5.41, 5.74) is 4.80. The van der Waals surface area contributed by atoms with Crippen LogP contribution in [-0.4, -0.2) is 20.9 Å². The number of hydrogen-bond acceptors (Lipinski definition) is 3. The first kappa shape index (κ1) is 13.3. The number of nitrogens with zero attached hydrogens (tertiary/aromatic N) is 2. The fraction of sp³-hybridized carbons (Fsp3) is 0.286. The van der Waals surface area contributed by atoms with Crippen LogP contribution in [0.2, 0.25) is 0 Å². The topological polar surface area (TPSA) is 67.2 Å². The maximum atomic E-state index is 11.4. The minimum atomic E-state index is -0.553. The summed E-state index contributed by atoms with van der Waals surface area (Å²) in [4.78, 5) is 11.4. The highest BCUT2D eigenvalue weighted by atomic mass is 16.5. The zero-order valence-corrected chi connectivity index (χ0v) is 11.2. The van der Waals surface area contributed by atoms with Gasteiger partial charge in [0.25, 0.3) is 5.91 Å². The molecule has 1 amide bonds. The second-order valence-corrected chi connectivity index (χ2v) is 4.74. The molecule has 0 saturated heterocycles. The summed E-state index contributed by atoms with van der Waals surface area (Å²) in [5.74, 6) is -0.0777. The summed E-state index contributed by atoms with van der Waals surface area (Å²) in [6.45, 7) is 6.06. The second-order valence-electron chi connectivity index (χ2n) is 4.74. The molecule has 0 bridgehead atoms. The first-order valence-corrected chi connectivity index (χ1v) is 6.14. The van der Waals surface area contributed by atoms with Crippen molar-refractivity contribution in [3.8, 4) is 5.69 Å². The van der Waals surface area contributed by atoms with Crippen LogP contribution in [0.3, 0.4) is 0 Å². The van der Waals surface area contributed by atoms with Gasteiger partial charge in [-0.25, -0.2) is 10.2 Å². The van der Waals surface area contributed by atoms with Crippen molar-refractivity contribution in [1.82, 2.24) is 15.3 Å². The first-order valence-electron chi connectivity index (χ1n) is 6.14. The Bertz CT molecular complexity index is 585. The lowest BCUT2D eigenvalue weighted by molar-refractivity contribution is 0.0705. The largest absolute Gasteiger partial charge is 0.288 e. The number of benzene rings is 1. The van der Waals surface area contributed by atoms with E-state index in [9.17, 15) is 4.79 Å². The van der Waals surface area contributed by atoms with Gasteiger partial charge in [0.1, 0.15) is 0 Å². The van der Waals surface area contributed by atoms with Crippen LogP contribution in [0.5, 0.6) is 0 Å². The van der Waals surface area contributed by atoms with Gasteiger partial charge in [0.2, 0.25) is 0 Å². The summed E-state index contributed by atoms with van der Waals surface area (Å²) in [6.07, 6.45) is 1.44. The third kappa shape index (κ3) is 2.51. The van der Waals surface area contributed by atoms with Gasteiger partial charge in [-0.05, 0) is 30.5 Å². The molecule has 0 aliphatic rings. The van der Waals surface area contributed by atoms with E-state index in [1.165, 1.54) is 11.8 Å². The third-order valence-corrected chi connectivity index (χ3v) is 3.16. The van der Waals surface area contributed by atoms with Crippen LogP contribution < -0.4 is 5.48 Å². The monoisotopic (exact) mass is 259 g/mol. The average molecular weight is 259 g/mol. The van der Waals surface area contributed by atoms with Gasteiger partial charge in [0, 0.05) is 0 Å².